The molecule has 6 heteroatoms. The molecule has 1 rings (SSSR count). The molecule has 0 aliphatic rings. The Labute approximate surface area is 95.2 Å². The van der Waals surface area contributed by atoms with Gasteiger partial charge in [0.1, 0.15) is 0 Å². The van der Waals surface area contributed by atoms with E-state index < -0.39 is 0 Å². The molecule has 0 fully saturated rings. The lowest BCUT2D eigenvalue weighted by Crippen LogP contribution is -2.34. The van der Waals surface area contributed by atoms with Crippen molar-refractivity contribution in [2.75, 3.05) is 11.1 Å². The minimum Gasteiger partial charge on any atom is -0.368 e. The minimum absolute atomic E-state index is 0.154. The first-order valence-corrected chi connectivity index (χ1v) is 5.41. The summed E-state index contributed by atoms with van der Waals surface area (Å²) in [6.45, 7) is 5.81. The molecule has 0 amide bonds. The molecular formula is C10H19N5O. The molecule has 6 nitrogen and oxygen atoms in total. The van der Waals surface area contributed by atoms with E-state index in [4.69, 9.17) is 5.73 Å². The van der Waals surface area contributed by atoms with Crippen LogP contribution in [0.5, 0.6) is 0 Å². The summed E-state index contributed by atoms with van der Waals surface area (Å²) in [4.78, 5) is 15.7. The van der Waals surface area contributed by atoms with Gasteiger partial charge in [-0.2, -0.15) is 4.98 Å². The number of carbonyl (C=O) groups excluding carboxylic acids is 1. The Balaban J connectivity index is 2.79. The van der Waals surface area contributed by atoms with E-state index in [0.29, 0.717) is 18.3 Å². The summed E-state index contributed by atoms with van der Waals surface area (Å²) in [7, 11) is 1.71. The number of nitrogens with zero attached hydrogens (tertiary/aromatic N) is 3. The Morgan fingerprint density at radius 2 is 2.19 bits per heavy atom. The third-order valence-corrected chi connectivity index (χ3v) is 2.44. The maximum Gasteiger partial charge on any atom is 0.244 e. The molecule has 16 heavy (non-hydrogen) atoms. The van der Waals surface area contributed by atoms with E-state index in [0.717, 1.165) is 0 Å². The van der Waals surface area contributed by atoms with Gasteiger partial charge in [-0.25, -0.2) is 4.68 Å². The maximum absolute atomic E-state index is 11.7. The Morgan fingerprint density at radius 1 is 1.56 bits per heavy atom. The van der Waals surface area contributed by atoms with Crippen molar-refractivity contribution in [3.63, 3.8) is 0 Å². The largest absolute Gasteiger partial charge is 0.368 e. The van der Waals surface area contributed by atoms with Crippen LogP contribution in [0.4, 0.5) is 11.9 Å². The van der Waals surface area contributed by atoms with Gasteiger partial charge in [-0.3, -0.25) is 4.79 Å². The molecule has 0 aliphatic carbocycles. The maximum atomic E-state index is 11.7. The molecule has 0 spiro atoms. The molecule has 0 unspecified atom stereocenters. The summed E-state index contributed by atoms with van der Waals surface area (Å²) >= 11 is 0. The highest BCUT2D eigenvalue weighted by molar-refractivity contribution is 5.86. The van der Waals surface area contributed by atoms with E-state index >= 15 is 0 Å². The van der Waals surface area contributed by atoms with Crippen LogP contribution in [0.1, 0.15) is 27.2 Å². The van der Waals surface area contributed by atoms with Crippen molar-refractivity contribution in [2.24, 2.45) is 13.0 Å². The molecule has 1 heterocycles. The van der Waals surface area contributed by atoms with Crippen LogP contribution in [-0.2, 0) is 11.8 Å². The predicted octanol–water partition coefficient (Wildman–Crippen LogP) is 0.813. The summed E-state index contributed by atoms with van der Waals surface area (Å²) in [5.41, 5.74) is 5.57. The zero-order valence-electron chi connectivity index (χ0n) is 10.2. The van der Waals surface area contributed by atoms with Crippen molar-refractivity contribution in [3.8, 4) is 0 Å². The number of rotatable bonds is 5. The topological polar surface area (TPSA) is 85.8 Å². The van der Waals surface area contributed by atoms with Crippen LogP contribution in [0.3, 0.4) is 0 Å². The normalized spacial score (nSPS) is 12.8. The van der Waals surface area contributed by atoms with E-state index in [1.165, 1.54) is 4.68 Å². The van der Waals surface area contributed by atoms with Crippen molar-refractivity contribution in [1.82, 2.24) is 14.8 Å². The number of ketones is 1. The van der Waals surface area contributed by atoms with Gasteiger partial charge in [-0.1, -0.05) is 20.8 Å². The molecule has 1 atom stereocenters. The summed E-state index contributed by atoms with van der Waals surface area (Å²) in [6.07, 6.45) is 0.498. The number of nitrogens with one attached hydrogen (secondary N) is 1. The Kier molecular flexibility index (Phi) is 3.87. The first-order chi connectivity index (χ1) is 7.45. The second-order valence-electron chi connectivity index (χ2n) is 4.10. The van der Waals surface area contributed by atoms with Crippen LogP contribution in [0.2, 0.25) is 0 Å². The first-order valence-electron chi connectivity index (χ1n) is 5.41. The summed E-state index contributed by atoms with van der Waals surface area (Å²) in [5.74, 6) is 1.08. The molecule has 0 aromatic carbocycles. The molecule has 3 N–H and O–H groups in total. The van der Waals surface area contributed by atoms with Crippen LogP contribution in [0.15, 0.2) is 0 Å². The van der Waals surface area contributed by atoms with Crippen LogP contribution >= 0.6 is 0 Å². The van der Waals surface area contributed by atoms with Gasteiger partial charge in [0.05, 0.1) is 6.04 Å². The second kappa shape index (κ2) is 4.96. The van der Waals surface area contributed by atoms with E-state index in [1.54, 1.807) is 7.05 Å². The highest BCUT2D eigenvalue weighted by atomic mass is 16.1. The molecule has 0 bridgehead atoms. The van der Waals surface area contributed by atoms with Crippen molar-refractivity contribution >= 4 is 17.7 Å². The van der Waals surface area contributed by atoms with Crippen molar-refractivity contribution in [1.29, 1.82) is 0 Å². The monoisotopic (exact) mass is 225 g/mol. The molecular weight excluding hydrogens is 206 g/mol. The molecule has 0 saturated carbocycles. The van der Waals surface area contributed by atoms with Crippen molar-refractivity contribution in [3.05, 3.63) is 0 Å². The van der Waals surface area contributed by atoms with Gasteiger partial charge in [0.2, 0.25) is 11.9 Å². The number of carbonyl (C=O) groups is 1. The average Bonchev–Trinajstić information content (AvgIpc) is 2.53. The Bertz CT molecular complexity index is 352. The van der Waals surface area contributed by atoms with Gasteiger partial charge < -0.3 is 11.1 Å². The lowest BCUT2D eigenvalue weighted by atomic mass is 9.99. The Hall–Kier alpha value is -1.59. The van der Waals surface area contributed by atoms with E-state index in [-0.39, 0.29) is 17.7 Å². The highest BCUT2D eigenvalue weighted by Gasteiger charge is 2.21. The molecule has 90 valence electrons. The van der Waals surface area contributed by atoms with Crippen molar-refractivity contribution < 1.29 is 4.79 Å². The van der Waals surface area contributed by atoms with Gasteiger partial charge in [0, 0.05) is 13.5 Å². The Morgan fingerprint density at radius 3 is 2.56 bits per heavy atom. The quantitative estimate of drug-likeness (QED) is 0.774. The van der Waals surface area contributed by atoms with E-state index in [1.807, 2.05) is 20.8 Å². The number of Topliss-reactive ketones (excluding diaryl/α,β-unsaturated/α-hetero) is 1. The second-order valence-corrected chi connectivity index (χ2v) is 4.10. The number of hydrogen-bond acceptors (Lipinski definition) is 5. The number of aryl methyl sites for hydroxylation is 1. The first kappa shape index (κ1) is 12.5. The molecule has 1 aromatic rings. The number of anilines is 2. The lowest BCUT2D eigenvalue weighted by molar-refractivity contribution is -0.120. The average molecular weight is 225 g/mol. The van der Waals surface area contributed by atoms with Crippen LogP contribution in [0, 0.1) is 5.92 Å². The van der Waals surface area contributed by atoms with Gasteiger partial charge >= 0.3 is 0 Å². The van der Waals surface area contributed by atoms with Gasteiger partial charge in [-0.05, 0) is 5.92 Å². The number of nitrogen functional groups attached to an aromatic ring is 1. The molecule has 0 radical (unpaired) electrons. The zero-order chi connectivity index (χ0) is 12.3. The fourth-order valence-corrected chi connectivity index (χ4v) is 1.44. The fourth-order valence-electron chi connectivity index (χ4n) is 1.44. The van der Waals surface area contributed by atoms with Crippen LogP contribution in [-0.4, -0.2) is 26.6 Å². The zero-order valence-corrected chi connectivity index (χ0v) is 10.2. The third-order valence-electron chi connectivity index (χ3n) is 2.44. The van der Waals surface area contributed by atoms with Crippen molar-refractivity contribution in [2.45, 2.75) is 33.2 Å². The van der Waals surface area contributed by atoms with Gasteiger partial charge in [0.25, 0.3) is 0 Å². The van der Waals surface area contributed by atoms with Crippen LogP contribution in [0.25, 0.3) is 0 Å². The molecule has 0 saturated heterocycles. The lowest BCUT2D eigenvalue weighted by Gasteiger charge is -2.19. The highest BCUT2D eigenvalue weighted by Crippen LogP contribution is 2.12. The molecule has 0 aliphatic heterocycles. The number of nitrogens with two attached hydrogens (primary N) is 1. The smallest absolute Gasteiger partial charge is 0.244 e. The van der Waals surface area contributed by atoms with E-state index in [2.05, 4.69) is 15.4 Å². The third kappa shape index (κ3) is 2.71. The number of hydrogen-bond donors (Lipinski definition) is 2. The standard InChI is InChI=1S/C10H19N5O/c1-5-7(16)8(6(2)3)12-10-13-9(11)15(4)14-10/h6,8H,5H2,1-4H3,(H3,11,12,13,14)/t8-/m0/s1. The van der Waals surface area contributed by atoms with Gasteiger partial charge in [-0.15, -0.1) is 5.10 Å². The van der Waals surface area contributed by atoms with E-state index in [9.17, 15) is 4.79 Å². The van der Waals surface area contributed by atoms with Gasteiger partial charge in [0.15, 0.2) is 5.78 Å². The summed E-state index contributed by atoms with van der Waals surface area (Å²) in [6, 6.07) is -0.258. The summed E-state index contributed by atoms with van der Waals surface area (Å²) in [5, 5.41) is 7.08. The fraction of sp³-hybridized carbons (Fsp3) is 0.700. The predicted molar refractivity (Wildman–Crippen MR) is 63.0 cm³/mol. The van der Waals surface area contributed by atoms with Crippen LogP contribution < -0.4 is 11.1 Å². The summed E-state index contributed by atoms with van der Waals surface area (Å²) < 4.78 is 1.47. The SMILES string of the molecule is CCC(=O)[C@@H](Nc1nc(N)n(C)n1)C(C)C. The molecule has 1 aromatic heterocycles. The minimum atomic E-state index is -0.258. The number of aromatic nitrogens is 3.